The van der Waals surface area contributed by atoms with E-state index in [0.29, 0.717) is 39.9 Å². The third kappa shape index (κ3) is 3.50. The zero-order chi connectivity index (χ0) is 15.2. The van der Waals surface area contributed by atoms with Crippen LogP contribution in [0.1, 0.15) is 40.5 Å². The van der Waals surface area contributed by atoms with E-state index in [1.54, 1.807) is 24.3 Å². The van der Waals surface area contributed by atoms with E-state index in [-0.39, 0.29) is 11.6 Å². The summed E-state index contributed by atoms with van der Waals surface area (Å²) in [6.07, 6.45) is 1.99. The number of nitrogens with one attached hydrogen (secondary N) is 1. The molecule has 112 valence electrons. The molecule has 2 rings (SSSR count). The fraction of sp³-hybridized carbons (Fsp3) is 0.375. The number of allylic oxidation sites excluding steroid dienone is 2. The highest BCUT2D eigenvalue weighted by molar-refractivity contribution is 8.04. The van der Waals surface area contributed by atoms with Gasteiger partial charge in [0.25, 0.3) is 0 Å². The van der Waals surface area contributed by atoms with E-state index < -0.39 is 0 Å². The van der Waals surface area contributed by atoms with E-state index in [9.17, 15) is 9.59 Å². The van der Waals surface area contributed by atoms with Crippen molar-refractivity contribution in [3.05, 3.63) is 46.0 Å². The zero-order valence-electron chi connectivity index (χ0n) is 11.9. The van der Waals surface area contributed by atoms with Gasteiger partial charge in [-0.2, -0.15) is 0 Å². The Balaban J connectivity index is 2.37. The molecule has 1 aromatic carbocycles. The molecule has 0 spiro atoms. The Hall–Kier alpha value is -1.26. The van der Waals surface area contributed by atoms with Gasteiger partial charge in [-0.25, -0.2) is 0 Å². The van der Waals surface area contributed by atoms with Crippen LogP contribution in [0.2, 0.25) is 0 Å². The largest absolute Gasteiger partial charge is 0.381 e. The highest BCUT2D eigenvalue weighted by Gasteiger charge is 2.31. The Kier molecular flexibility index (Phi) is 5.88. The summed E-state index contributed by atoms with van der Waals surface area (Å²) in [7, 11) is 0. The summed E-state index contributed by atoms with van der Waals surface area (Å²) in [4.78, 5) is 25.7. The molecule has 1 N–H and O–H groups in total. The number of rotatable bonds is 7. The second-order valence-corrected chi connectivity index (χ2v) is 6.21. The third-order valence-corrected chi connectivity index (χ3v) is 4.73. The minimum atomic E-state index is -0.0987. The van der Waals surface area contributed by atoms with E-state index in [4.69, 9.17) is 11.6 Å². The van der Waals surface area contributed by atoms with Crippen molar-refractivity contribution in [2.45, 2.75) is 19.8 Å². The molecule has 5 heteroatoms. The molecule has 0 saturated carbocycles. The quantitative estimate of drug-likeness (QED) is 0.614. The van der Waals surface area contributed by atoms with Gasteiger partial charge in [0.15, 0.2) is 0 Å². The predicted molar refractivity (Wildman–Crippen MR) is 88.2 cm³/mol. The fourth-order valence-electron chi connectivity index (χ4n) is 2.18. The van der Waals surface area contributed by atoms with Gasteiger partial charge in [0.1, 0.15) is 5.70 Å². The van der Waals surface area contributed by atoms with E-state index in [1.807, 2.05) is 0 Å². The summed E-state index contributed by atoms with van der Waals surface area (Å²) in [5, 5.41) is 3.15. The molecule has 1 aliphatic carbocycles. The van der Waals surface area contributed by atoms with Crippen LogP contribution in [0.15, 0.2) is 34.9 Å². The van der Waals surface area contributed by atoms with Gasteiger partial charge in [-0.1, -0.05) is 37.6 Å². The normalized spacial score (nSPS) is 14.4. The summed E-state index contributed by atoms with van der Waals surface area (Å²) in [6, 6.07) is 6.98. The summed E-state index contributed by atoms with van der Waals surface area (Å²) >= 11 is 7.07. The van der Waals surface area contributed by atoms with Crippen molar-refractivity contribution in [3.63, 3.8) is 0 Å². The topological polar surface area (TPSA) is 46.2 Å². The number of halogens is 1. The first-order chi connectivity index (χ1) is 10.2. The molecule has 0 bridgehead atoms. The Morgan fingerprint density at radius 2 is 1.81 bits per heavy atom. The number of fused-ring (bicyclic) bond motifs is 1. The number of thioether (sulfide) groups is 1. The molecule has 1 aliphatic rings. The van der Waals surface area contributed by atoms with Gasteiger partial charge in [0.05, 0.1) is 4.91 Å². The van der Waals surface area contributed by atoms with Gasteiger partial charge < -0.3 is 5.32 Å². The van der Waals surface area contributed by atoms with Gasteiger partial charge in [0.2, 0.25) is 11.6 Å². The van der Waals surface area contributed by atoms with Crippen LogP contribution >= 0.6 is 23.4 Å². The van der Waals surface area contributed by atoms with Crippen molar-refractivity contribution in [2.24, 2.45) is 0 Å². The Labute approximate surface area is 134 Å². The molecule has 0 heterocycles. The lowest BCUT2D eigenvalue weighted by atomic mass is 9.92. The molecule has 3 nitrogen and oxygen atoms in total. The van der Waals surface area contributed by atoms with Crippen LogP contribution in [0, 0.1) is 0 Å². The molecular formula is C16H18ClNO2S. The maximum atomic E-state index is 12.6. The predicted octanol–water partition coefficient (Wildman–Crippen LogP) is 3.64. The van der Waals surface area contributed by atoms with Gasteiger partial charge >= 0.3 is 0 Å². The Morgan fingerprint density at radius 3 is 2.43 bits per heavy atom. The number of Topliss-reactive ketones (excluding diaryl/α,β-unsaturated/α-hetero) is 2. The first-order valence-corrected chi connectivity index (χ1v) is 8.58. The fourth-order valence-corrected chi connectivity index (χ4v) is 3.24. The number of carbonyl (C=O) groups is 2. The lowest BCUT2D eigenvalue weighted by Crippen LogP contribution is -2.30. The number of hydrogen-bond donors (Lipinski definition) is 1. The first kappa shape index (κ1) is 16.1. The van der Waals surface area contributed by atoms with Crippen LogP contribution in [0.25, 0.3) is 0 Å². The minimum absolute atomic E-state index is 0.0840. The number of ketones is 2. The molecule has 0 fully saturated rings. The molecular weight excluding hydrogens is 306 g/mol. The number of carbonyl (C=O) groups excluding carboxylic acids is 2. The standard InChI is InChI=1S/C16H18ClNO2S/c1-2-3-9-18-13-14(19)11-6-4-5-7-12(11)15(20)16(13)21-10-8-17/h4-7,18H,2-3,8-10H2,1H3. The zero-order valence-corrected chi connectivity index (χ0v) is 13.5. The monoisotopic (exact) mass is 323 g/mol. The van der Waals surface area contributed by atoms with Gasteiger partial charge in [-0.15, -0.1) is 23.4 Å². The SMILES string of the molecule is CCCCNC1=C(SCCCl)C(=O)c2ccccc2C1=O. The van der Waals surface area contributed by atoms with Crippen LogP contribution < -0.4 is 5.32 Å². The van der Waals surface area contributed by atoms with E-state index in [1.165, 1.54) is 11.8 Å². The average Bonchev–Trinajstić information content (AvgIpc) is 2.51. The van der Waals surface area contributed by atoms with Crippen molar-refractivity contribution in [1.82, 2.24) is 5.32 Å². The second kappa shape index (κ2) is 7.66. The van der Waals surface area contributed by atoms with E-state index in [2.05, 4.69) is 12.2 Å². The van der Waals surface area contributed by atoms with Crippen molar-refractivity contribution >= 4 is 34.9 Å². The molecule has 0 unspecified atom stereocenters. The van der Waals surface area contributed by atoms with Gasteiger partial charge in [-0.05, 0) is 6.42 Å². The van der Waals surface area contributed by atoms with Crippen molar-refractivity contribution in [3.8, 4) is 0 Å². The lowest BCUT2D eigenvalue weighted by molar-refractivity contribution is 0.0975. The summed E-state index contributed by atoms with van der Waals surface area (Å²) in [5.41, 5.74) is 1.40. The first-order valence-electron chi connectivity index (χ1n) is 7.06. The molecule has 1 aromatic rings. The van der Waals surface area contributed by atoms with Crippen LogP contribution in [0.4, 0.5) is 0 Å². The summed E-state index contributed by atoms with van der Waals surface area (Å²) < 4.78 is 0. The Morgan fingerprint density at radius 1 is 1.14 bits per heavy atom. The summed E-state index contributed by atoms with van der Waals surface area (Å²) in [6.45, 7) is 2.78. The van der Waals surface area contributed by atoms with Crippen LogP contribution in [0.3, 0.4) is 0 Å². The van der Waals surface area contributed by atoms with Crippen LogP contribution in [-0.2, 0) is 0 Å². The Bertz CT molecular complexity index is 583. The third-order valence-electron chi connectivity index (χ3n) is 3.23. The smallest absolute Gasteiger partial charge is 0.210 e. The van der Waals surface area contributed by atoms with E-state index in [0.717, 1.165) is 12.8 Å². The van der Waals surface area contributed by atoms with Crippen LogP contribution in [0.5, 0.6) is 0 Å². The maximum Gasteiger partial charge on any atom is 0.210 e. The molecule has 0 radical (unpaired) electrons. The molecule has 21 heavy (non-hydrogen) atoms. The molecule has 0 saturated heterocycles. The van der Waals surface area contributed by atoms with Crippen molar-refractivity contribution in [1.29, 1.82) is 0 Å². The number of benzene rings is 1. The second-order valence-electron chi connectivity index (χ2n) is 4.73. The molecule has 0 aliphatic heterocycles. The van der Waals surface area contributed by atoms with Crippen molar-refractivity contribution < 1.29 is 9.59 Å². The number of hydrogen-bond acceptors (Lipinski definition) is 4. The molecule has 0 amide bonds. The van der Waals surface area contributed by atoms with Crippen LogP contribution in [-0.4, -0.2) is 29.7 Å². The average molecular weight is 324 g/mol. The van der Waals surface area contributed by atoms with Gasteiger partial charge in [-0.3, -0.25) is 9.59 Å². The molecule has 0 aromatic heterocycles. The molecule has 0 atom stereocenters. The van der Waals surface area contributed by atoms with E-state index >= 15 is 0 Å². The highest BCUT2D eigenvalue weighted by atomic mass is 35.5. The van der Waals surface area contributed by atoms with Crippen molar-refractivity contribution in [2.75, 3.05) is 18.2 Å². The minimum Gasteiger partial charge on any atom is -0.381 e. The lowest BCUT2D eigenvalue weighted by Gasteiger charge is -2.21. The number of unbranched alkanes of at least 4 members (excludes halogenated alkanes) is 1. The highest BCUT2D eigenvalue weighted by Crippen LogP contribution is 2.31. The number of alkyl halides is 1. The summed E-state index contributed by atoms with van der Waals surface area (Å²) in [5.74, 6) is 0.869. The maximum absolute atomic E-state index is 12.6. The van der Waals surface area contributed by atoms with Gasteiger partial charge in [0, 0.05) is 29.3 Å².